The SMILES string of the molecule is Cn1c(C(F)(F)F)nn(C2CCN(C(=O)c3cc(-c4cccnc4)on3)CC2)c1=O. The van der Waals surface area contributed by atoms with Crippen LogP contribution in [0.2, 0.25) is 0 Å². The fourth-order valence-electron chi connectivity index (χ4n) is 3.44. The quantitative estimate of drug-likeness (QED) is 0.641. The highest BCUT2D eigenvalue weighted by Gasteiger charge is 2.39. The maximum Gasteiger partial charge on any atom is 0.451 e. The van der Waals surface area contributed by atoms with Crippen LogP contribution < -0.4 is 5.69 Å². The minimum absolute atomic E-state index is 0.127. The van der Waals surface area contributed by atoms with Gasteiger partial charge in [0.2, 0.25) is 5.82 Å². The second kappa shape index (κ2) is 7.43. The smallest absolute Gasteiger partial charge is 0.355 e. The molecule has 4 heterocycles. The van der Waals surface area contributed by atoms with Crippen molar-refractivity contribution >= 4 is 5.91 Å². The van der Waals surface area contributed by atoms with Crippen molar-refractivity contribution in [3.8, 4) is 11.3 Å². The van der Waals surface area contributed by atoms with Crippen molar-refractivity contribution in [2.75, 3.05) is 13.1 Å². The van der Waals surface area contributed by atoms with Crippen molar-refractivity contribution in [3.63, 3.8) is 0 Å². The largest absolute Gasteiger partial charge is 0.451 e. The number of pyridine rings is 1. The first-order chi connectivity index (χ1) is 14.3. The first-order valence-corrected chi connectivity index (χ1v) is 9.15. The van der Waals surface area contributed by atoms with Gasteiger partial charge in [0.15, 0.2) is 11.5 Å². The Labute approximate surface area is 167 Å². The van der Waals surface area contributed by atoms with Gasteiger partial charge in [0.25, 0.3) is 5.91 Å². The lowest BCUT2D eigenvalue weighted by Crippen LogP contribution is -2.41. The Morgan fingerprint density at radius 2 is 2.00 bits per heavy atom. The predicted molar refractivity (Wildman–Crippen MR) is 96.4 cm³/mol. The second-order valence-electron chi connectivity index (χ2n) is 6.95. The number of carbonyl (C=O) groups is 1. The number of likely N-dealkylation sites (tertiary alicyclic amines) is 1. The molecule has 9 nitrogen and oxygen atoms in total. The summed E-state index contributed by atoms with van der Waals surface area (Å²) in [7, 11) is 1.04. The number of hydrogen-bond acceptors (Lipinski definition) is 6. The van der Waals surface area contributed by atoms with Crippen molar-refractivity contribution in [3.05, 3.63) is 52.6 Å². The summed E-state index contributed by atoms with van der Waals surface area (Å²) in [6.07, 6.45) is -0.921. The van der Waals surface area contributed by atoms with Gasteiger partial charge in [-0.2, -0.15) is 13.2 Å². The van der Waals surface area contributed by atoms with E-state index in [1.54, 1.807) is 24.5 Å². The first-order valence-electron chi connectivity index (χ1n) is 9.15. The molecule has 1 aliphatic rings. The minimum Gasteiger partial charge on any atom is -0.355 e. The van der Waals surface area contributed by atoms with E-state index in [4.69, 9.17) is 4.52 Å². The van der Waals surface area contributed by atoms with Gasteiger partial charge in [-0.1, -0.05) is 5.16 Å². The zero-order valence-electron chi connectivity index (χ0n) is 15.8. The third-order valence-corrected chi connectivity index (χ3v) is 5.03. The van der Waals surface area contributed by atoms with Crippen LogP contribution in [0.25, 0.3) is 11.3 Å². The summed E-state index contributed by atoms with van der Waals surface area (Å²) in [5, 5.41) is 7.29. The molecule has 0 saturated carbocycles. The fourth-order valence-corrected chi connectivity index (χ4v) is 3.44. The number of amides is 1. The standard InChI is InChI=1S/C18H17F3N6O3/c1-25-16(18(19,20)21)23-27(17(25)29)12-4-7-26(8-5-12)15(28)13-9-14(30-24-13)11-3-2-6-22-10-11/h2-3,6,9-10,12H,4-5,7-8H2,1H3. The van der Waals surface area contributed by atoms with E-state index in [1.165, 1.54) is 11.0 Å². The van der Waals surface area contributed by atoms with Crippen LogP contribution in [0.5, 0.6) is 0 Å². The summed E-state index contributed by atoms with van der Waals surface area (Å²) in [6.45, 7) is 0.506. The number of hydrogen-bond donors (Lipinski definition) is 0. The van der Waals surface area contributed by atoms with Crippen LogP contribution >= 0.6 is 0 Å². The summed E-state index contributed by atoms with van der Waals surface area (Å²) in [6, 6.07) is 4.50. The monoisotopic (exact) mass is 422 g/mol. The minimum atomic E-state index is -4.71. The first kappa shape index (κ1) is 19.9. The molecule has 1 aliphatic heterocycles. The van der Waals surface area contributed by atoms with Gasteiger partial charge in [-0.05, 0) is 25.0 Å². The van der Waals surface area contributed by atoms with E-state index in [0.717, 1.165) is 11.7 Å². The highest BCUT2D eigenvalue weighted by molar-refractivity contribution is 5.93. The van der Waals surface area contributed by atoms with Gasteiger partial charge in [0.05, 0.1) is 6.04 Å². The molecule has 12 heteroatoms. The van der Waals surface area contributed by atoms with Crippen LogP contribution in [-0.4, -0.2) is 48.4 Å². The maximum absolute atomic E-state index is 13.0. The molecule has 0 atom stereocenters. The summed E-state index contributed by atoms with van der Waals surface area (Å²) >= 11 is 0. The Hall–Kier alpha value is -3.44. The molecular formula is C18H17F3N6O3. The van der Waals surface area contributed by atoms with E-state index in [9.17, 15) is 22.8 Å². The van der Waals surface area contributed by atoms with Crippen LogP contribution in [-0.2, 0) is 13.2 Å². The van der Waals surface area contributed by atoms with Crippen molar-refractivity contribution in [2.45, 2.75) is 25.1 Å². The molecular weight excluding hydrogens is 405 g/mol. The van der Waals surface area contributed by atoms with Crippen LogP contribution in [0.15, 0.2) is 39.9 Å². The molecule has 158 valence electrons. The number of halogens is 3. The zero-order valence-corrected chi connectivity index (χ0v) is 15.8. The maximum atomic E-state index is 13.0. The van der Waals surface area contributed by atoms with Gasteiger partial charge < -0.3 is 9.42 Å². The van der Waals surface area contributed by atoms with Gasteiger partial charge >= 0.3 is 11.9 Å². The molecule has 1 saturated heterocycles. The normalized spacial score (nSPS) is 15.5. The highest BCUT2D eigenvalue weighted by atomic mass is 19.4. The van der Waals surface area contributed by atoms with Gasteiger partial charge in [-0.3, -0.25) is 14.3 Å². The molecule has 0 unspecified atom stereocenters. The average molecular weight is 422 g/mol. The van der Waals surface area contributed by atoms with Crippen LogP contribution in [0, 0.1) is 0 Å². The lowest BCUT2D eigenvalue weighted by molar-refractivity contribution is -0.147. The van der Waals surface area contributed by atoms with Gasteiger partial charge in [-0.15, -0.1) is 5.10 Å². The Morgan fingerprint density at radius 3 is 2.60 bits per heavy atom. The van der Waals surface area contributed by atoms with Crippen molar-refractivity contribution in [1.82, 2.24) is 29.4 Å². The highest BCUT2D eigenvalue weighted by Crippen LogP contribution is 2.28. The van der Waals surface area contributed by atoms with Gasteiger partial charge in [-0.25, -0.2) is 9.48 Å². The van der Waals surface area contributed by atoms with Crippen molar-refractivity contribution in [1.29, 1.82) is 0 Å². The number of rotatable bonds is 3. The molecule has 3 aromatic rings. The Balaban J connectivity index is 1.45. The number of alkyl halides is 3. The molecule has 4 rings (SSSR count). The molecule has 1 amide bonds. The third kappa shape index (κ3) is 3.60. The van der Waals surface area contributed by atoms with E-state index < -0.39 is 23.7 Å². The Kier molecular flexibility index (Phi) is 4.92. The number of carbonyl (C=O) groups excluding carboxylic acids is 1. The molecule has 3 aromatic heterocycles. The molecule has 0 bridgehead atoms. The summed E-state index contributed by atoms with van der Waals surface area (Å²) in [5.74, 6) is -1.19. The van der Waals surface area contributed by atoms with Crippen molar-refractivity contribution < 1.29 is 22.5 Å². The fraction of sp³-hybridized carbons (Fsp3) is 0.389. The lowest BCUT2D eigenvalue weighted by atomic mass is 10.0. The van der Waals surface area contributed by atoms with E-state index in [-0.39, 0.29) is 24.7 Å². The van der Waals surface area contributed by atoms with Crippen LogP contribution in [0.4, 0.5) is 13.2 Å². The van der Waals surface area contributed by atoms with E-state index in [1.807, 2.05) is 0 Å². The van der Waals surface area contributed by atoms with Crippen molar-refractivity contribution in [2.24, 2.45) is 7.05 Å². The average Bonchev–Trinajstić information content (AvgIpc) is 3.34. The molecule has 0 spiro atoms. The molecule has 30 heavy (non-hydrogen) atoms. The summed E-state index contributed by atoms with van der Waals surface area (Å²) in [4.78, 5) is 30.4. The van der Waals surface area contributed by atoms with E-state index in [0.29, 0.717) is 28.7 Å². The molecule has 0 aromatic carbocycles. The van der Waals surface area contributed by atoms with E-state index in [2.05, 4.69) is 15.2 Å². The van der Waals surface area contributed by atoms with E-state index >= 15 is 0 Å². The van der Waals surface area contributed by atoms with Gasteiger partial charge in [0, 0.05) is 44.2 Å². The zero-order chi connectivity index (χ0) is 21.5. The molecule has 1 fully saturated rings. The Morgan fingerprint density at radius 1 is 1.27 bits per heavy atom. The molecule has 0 N–H and O–H groups in total. The lowest BCUT2D eigenvalue weighted by Gasteiger charge is -2.31. The summed E-state index contributed by atoms with van der Waals surface area (Å²) in [5.41, 5.74) is -0.0240. The van der Waals surface area contributed by atoms with Crippen LogP contribution in [0.1, 0.15) is 35.2 Å². The number of piperidine rings is 1. The molecule has 0 radical (unpaired) electrons. The second-order valence-corrected chi connectivity index (χ2v) is 6.95. The Bertz CT molecular complexity index is 1110. The predicted octanol–water partition coefficient (Wildman–Crippen LogP) is 2.13. The topological polar surface area (TPSA) is 99.1 Å². The summed E-state index contributed by atoms with van der Waals surface area (Å²) < 4.78 is 45.5. The number of aromatic nitrogens is 5. The third-order valence-electron chi connectivity index (χ3n) is 5.03. The van der Waals surface area contributed by atoms with Crippen LogP contribution in [0.3, 0.4) is 0 Å². The van der Waals surface area contributed by atoms with Gasteiger partial charge in [0.1, 0.15) is 0 Å². The number of nitrogens with zero attached hydrogens (tertiary/aromatic N) is 6. The molecule has 0 aliphatic carbocycles.